The summed E-state index contributed by atoms with van der Waals surface area (Å²) in [5.74, 6) is 0. The predicted octanol–water partition coefficient (Wildman–Crippen LogP) is 4.90. The highest BCUT2D eigenvalue weighted by Gasteiger charge is 2.03. The number of benzene rings is 2. The van der Waals surface area contributed by atoms with Crippen LogP contribution in [0.15, 0.2) is 71.9 Å². The highest BCUT2D eigenvalue weighted by atomic mass is 127. The third-order valence-corrected chi connectivity index (χ3v) is 4.53. The second kappa shape index (κ2) is 7.00. The quantitative estimate of drug-likeness (QED) is 0.439. The fraction of sp³-hybridized carbons (Fsp3) is 0.105. The van der Waals surface area contributed by atoms with Gasteiger partial charge in [0.2, 0.25) is 0 Å². The number of hydrogen-bond acceptors (Lipinski definition) is 2. The molecule has 0 saturated heterocycles. The Morgan fingerprint density at radius 1 is 0.957 bits per heavy atom. The number of anilines is 1. The molecule has 0 saturated carbocycles. The minimum absolute atomic E-state index is 0.990. The van der Waals surface area contributed by atoms with E-state index >= 15 is 0 Å². The Kier molecular flexibility index (Phi) is 4.81. The van der Waals surface area contributed by atoms with Crippen molar-refractivity contribution in [3.05, 3.63) is 76.1 Å². The summed E-state index contributed by atoms with van der Waals surface area (Å²) in [4.78, 5) is 6.72. The maximum absolute atomic E-state index is 4.62. The molecule has 4 heteroatoms. The molecule has 0 radical (unpaired) electrons. The monoisotopic (exact) mass is 415 g/mol. The van der Waals surface area contributed by atoms with Crippen LogP contribution in [0.1, 0.15) is 5.69 Å². The summed E-state index contributed by atoms with van der Waals surface area (Å²) in [6, 6.07) is 20.7. The third-order valence-electron chi connectivity index (χ3n) is 3.61. The van der Waals surface area contributed by atoms with Crippen molar-refractivity contribution < 1.29 is 0 Å². The summed E-state index contributed by atoms with van der Waals surface area (Å²) < 4.78 is 3.29. The summed E-state index contributed by atoms with van der Waals surface area (Å²) >= 11 is 2.31. The molecule has 0 aliphatic heterocycles. The van der Waals surface area contributed by atoms with Crippen LogP contribution in [-0.4, -0.2) is 24.9 Å². The van der Waals surface area contributed by atoms with Crippen LogP contribution in [0, 0.1) is 3.57 Å². The smallest absolute Gasteiger partial charge is 0.0763 e. The van der Waals surface area contributed by atoms with Crippen LogP contribution in [0.3, 0.4) is 0 Å². The SMILES string of the molecule is CN(C)c1ccc(-n2cccc2C=Nc2ccccc2I)cc1. The first-order chi connectivity index (χ1) is 11.1. The minimum Gasteiger partial charge on any atom is -0.378 e. The summed E-state index contributed by atoms with van der Waals surface area (Å²) in [6.45, 7) is 0. The number of hydrogen-bond donors (Lipinski definition) is 0. The standard InChI is InChI=1S/C19H18IN3/c1-22(2)15-9-11-16(12-10-15)23-13-5-6-17(23)14-21-19-8-4-3-7-18(19)20/h3-14H,1-2H3. The Bertz CT molecular complexity index is 817. The van der Waals surface area contributed by atoms with Crippen molar-refractivity contribution in [3.63, 3.8) is 0 Å². The van der Waals surface area contributed by atoms with E-state index in [0.29, 0.717) is 0 Å². The fourth-order valence-electron chi connectivity index (χ4n) is 2.34. The average molecular weight is 415 g/mol. The number of aliphatic imine (C=N–C) groups is 1. The molecule has 0 aliphatic carbocycles. The van der Waals surface area contributed by atoms with Gasteiger partial charge in [0, 0.05) is 35.2 Å². The zero-order chi connectivity index (χ0) is 16.2. The molecular weight excluding hydrogens is 397 g/mol. The zero-order valence-corrected chi connectivity index (χ0v) is 15.3. The highest BCUT2D eigenvalue weighted by Crippen LogP contribution is 2.21. The van der Waals surface area contributed by atoms with E-state index < -0.39 is 0 Å². The van der Waals surface area contributed by atoms with Crippen LogP contribution < -0.4 is 4.90 Å². The molecule has 1 heterocycles. The topological polar surface area (TPSA) is 20.5 Å². The van der Waals surface area contributed by atoms with Crippen molar-refractivity contribution >= 4 is 40.2 Å². The van der Waals surface area contributed by atoms with Crippen LogP contribution >= 0.6 is 22.6 Å². The Hall–Kier alpha value is -2.08. The molecule has 3 nitrogen and oxygen atoms in total. The second-order valence-corrected chi connectivity index (χ2v) is 6.59. The van der Waals surface area contributed by atoms with Crippen LogP contribution in [0.4, 0.5) is 11.4 Å². The summed E-state index contributed by atoms with van der Waals surface area (Å²) in [5, 5.41) is 0. The maximum Gasteiger partial charge on any atom is 0.0763 e. The lowest BCUT2D eigenvalue weighted by Gasteiger charge is -2.13. The van der Waals surface area contributed by atoms with Gasteiger partial charge in [-0.1, -0.05) is 12.1 Å². The molecule has 2 aromatic carbocycles. The predicted molar refractivity (Wildman–Crippen MR) is 107 cm³/mol. The molecular formula is C19H18IN3. The van der Waals surface area contributed by atoms with Gasteiger partial charge in [-0.15, -0.1) is 0 Å². The molecule has 23 heavy (non-hydrogen) atoms. The lowest BCUT2D eigenvalue weighted by atomic mass is 10.2. The van der Waals surface area contributed by atoms with Crippen molar-refractivity contribution in [3.8, 4) is 5.69 Å². The Morgan fingerprint density at radius 3 is 2.39 bits per heavy atom. The molecule has 0 amide bonds. The molecule has 3 aromatic rings. The van der Waals surface area contributed by atoms with E-state index in [2.05, 4.69) is 79.6 Å². The summed E-state index contributed by atoms with van der Waals surface area (Å²) in [6.07, 6.45) is 3.97. The first kappa shape index (κ1) is 15.8. The van der Waals surface area contributed by atoms with E-state index in [0.717, 1.165) is 20.6 Å². The van der Waals surface area contributed by atoms with Gasteiger partial charge in [-0.25, -0.2) is 0 Å². The molecule has 0 aliphatic rings. The number of halogens is 1. The van der Waals surface area contributed by atoms with Crippen LogP contribution in [-0.2, 0) is 0 Å². The summed E-state index contributed by atoms with van der Waals surface area (Å²) in [7, 11) is 4.09. The van der Waals surface area contributed by atoms with Gasteiger partial charge in [0.25, 0.3) is 0 Å². The number of aromatic nitrogens is 1. The van der Waals surface area contributed by atoms with Gasteiger partial charge >= 0.3 is 0 Å². The van der Waals surface area contributed by atoms with E-state index in [-0.39, 0.29) is 0 Å². The highest BCUT2D eigenvalue weighted by molar-refractivity contribution is 14.1. The van der Waals surface area contributed by atoms with Gasteiger partial charge in [-0.3, -0.25) is 4.99 Å². The lowest BCUT2D eigenvalue weighted by molar-refractivity contribution is 1.06. The van der Waals surface area contributed by atoms with Crippen molar-refractivity contribution in [1.29, 1.82) is 0 Å². The van der Waals surface area contributed by atoms with Crippen molar-refractivity contribution in [2.45, 2.75) is 0 Å². The maximum atomic E-state index is 4.62. The van der Waals surface area contributed by atoms with Gasteiger partial charge in [0.1, 0.15) is 0 Å². The van der Waals surface area contributed by atoms with E-state index in [4.69, 9.17) is 0 Å². The molecule has 0 bridgehead atoms. The Balaban J connectivity index is 1.89. The van der Waals surface area contributed by atoms with Crippen molar-refractivity contribution in [2.75, 3.05) is 19.0 Å². The van der Waals surface area contributed by atoms with E-state index in [1.807, 2.05) is 44.6 Å². The average Bonchev–Trinajstić information content (AvgIpc) is 3.02. The van der Waals surface area contributed by atoms with Crippen molar-refractivity contribution in [2.24, 2.45) is 4.99 Å². The number of nitrogens with zero attached hydrogens (tertiary/aromatic N) is 3. The second-order valence-electron chi connectivity index (χ2n) is 5.42. The van der Waals surface area contributed by atoms with Crippen LogP contribution in [0.5, 0.6) is 0 Å². The molecule has 1 aromatic heterocycles. The largest absolute Gasteiger partial charge is 0.378 e. The Morgan fingerprint density at radius 2 is 1.70 bits per heavy atom. The molecule has 0 spiro atoms. The molecule has 3 rings (SSSR count). The zero-order valence-electron chi connectivity index (χ0n) is 13.1. The normalized spacial score (nSPS) is 11.1. The van der Waals surface area contributed by atoms with Crippen LogP contribution in [0.25, 0.3) is 5.69 Å². The molecule has 116 valence electrons. The van der Waals surface area contributed by atoms with E-state index in [9.17, 15) is 0 Å². The molecule has 0 N–H and O–H groups in total. The molecule has 0 unspecified atom stereocenters. The number of para-hydroxylation sites is 1. The van der Waals surface area contributed by atoms with Crippen LogP contribution in [0.2, 0.25) is 0 Å². The first-order valence-corrected chi connectivity index (χ1v) is 8.47. The van der Waals surface area contributed by atoms with Gasteiger partial charge in [0.15, 0.2) is 0 Å². The lowest BCUT2D eigenvalue weighted by Crippen LogP contribution is -2.08. The minimum atomic E-state index is 0.990. The Labute approximate surface area is 150 Å². The van der Waals surface area contributed by atoms with Gasteiger partial charge in [-0.2, -0.15) is 0 Å². The molecule has 0 fully saturated rings. The first-order valence-electron chi connectivity index (χ1n) is 7.39. The van der Waals surface area contributed by atoms with Gasteiger partial charge in [-0.05, 0) is 71.1 Å². The van der Waals surface area contributed by atoms with Gasteiger partial charge in [0.05, 0.1) is 17.6 Å². The summed E-state index contributed by atoms with van der Waals surface area (Å²) in [5.41, 5.74) is 4.37. The number of rotatable bonds is 4. The molecule has 0 atom stereocenters. The third kappa shape index (κ3) is 3.64. The van der Waals surface area contributed by atoms with E-state index in [1.165, 1.54) is 5.69 Å². The fourth-order valence-corrected chi connectivity index (χ4v) is 2.86. The van der Waals surface area contributed by atoms with Crippen molar-refractivity contribution in [1.82, 2.24) is 4.57 Å². The van der Waals surface area contributed by atoms with Gasteiger partial charge < -0.3 is 9.47 Å². The van der Waals surface area contributed by atoms with E-state index in [1.54, 1.807) is 0 Å².